The number of carbonyl (C=O) groups excluding carboxylic acids is 2. The van der Waals surface area contributed by atoms with Crippen molar-refractivity contribution in [2.75, 3.05) is 6.54 Å². The van der Waals surface area contributed by atoms with Crippen LogP contribution in [0.15, 0.2) is 42.2 Å². The molecule has 1 aromatic carbocycles. The maximum Gasteiger partial charge on any atom is 0.248 e. The average Bonchev–Trinajstić information content (AvgIpc) is 3.66. The SMILES string of the molecule is CC.CC.Cc1cnn(C(C(=O)N2CC(O)CC2C(=O)NC(C)c2ccc(-c3scnc3C)cc2)C(C)C)c1. The summed E-state index contributed by atoms with van der Waals surface area (Å²) < 4.78 is 1.66. The Balaban J connectivity index is 0.00000127. The van der Waals surface area contributed by atoms with Crippen molar-refractivity contribution in [3.05, 3.63) is 59.0 Å². The number of aliphatic hydroxyl groups is 1. The third kappa shape index (κ3) is 7.76. The van der Waals surface area contributed by atoms with Crippen LogP contribution in [0.4, 0.5) is 0 Å². The number of aryl methyl sites for hydroxylation is 2. The number of nitrogens with zero attached hydrogens (tertiary/aromatic N) is 4. The van der Waals surface area contributed by atoms with Gasteiger partial charge in [0, 0.05) is 19.2 Å². The van der Waals surface area contributed by atoms with Gasteiger partial charge in [-0.25, -0.2) is 4.98 Å². The largest absolute Gasteiger partial charge is 0.391 e. The van der Waals surface area contributed by atoms with Crippen molar-refractivity contribution in [1.82, 2.24) is 25.0 Å². The maximum absolute atomic E-state index is 13.6. The van der Waals surface area contributed by atoms with Gasteiger partial charge >= 0.3 is 0 Å². The molecule has 0 aliphatic carbocycles. The first-order chi connectivity index (χ1) is 18.7. The third-order valence-corrected chi connectivity index (χ3v) is 7.52. The minimum absolute atomic E-state index is 0.0251. The highest BCUT2D eigenvalue weighted by Gasteiger charge is 2.42. The number of β-amino-alcohol motifs (C(OH)–C–C–N with tert-alkyl or cyclic N) is 1. The van der Waals surface area contributed by atoms with Gasteiger partial charge in [0.05, 0.1) is 34.4 Å². The van der Waals surface area contributed by atoms with Gasteiger partial charge in [-0.3, -0.25) is 14.3 Å². The van der Waals surface area contributed by atoms with Crippen molar-refractivity contribution in [1.29, 1.82) is 0 Å². The van der Waals surface area contributed by atoms with Crippen molar-refractivity contribution in [3.8, 4) is 10.4 Å². The lowest BCUT2D eigenvalue weighted by atomic mass is 10.0. The van der Waals surface area contributed by atoms with Crippen LogP contribution in [0.3, 0.4) is 0 Å². The molecule has 4 atom stereocenters. The standard InChI is InChI=1S/C26H33N5O3S.2C2H6/c1-15(2)23(31-12-16(3)11-28-31)26(34)30-13-21(32)10-22(30)25(33)29-17(4)19-6-8-20(9-7-19)24-18(5)27-14-35-24;2*1-2/h6-9,11-12,14-15,17,21-23,32H,10,13H2,1-5H3,(H,29,33);2*1-2H3. The highest BCUT2D eigenvalue weighted by atomic mass is 32.1. The van der Waals surface area contributed by atoms with Crippen LogP contribution in [-0.4, -0.2) is 55.3 Å². The lowest BCUT2D eigenvalue weighted by Crippen LogP contribution is -2.49. The number of carbonyl (C=O) groups is 2. The molecule has 0 bridgehead atoms. The zero-order valence-electron chi connectivity index (χ0n) is 24.8. The number of benzene rings is 1. The van der Waals surface area contributed by atoms with Crippen molar-refractivity contribution in [2.45, 2.75) is 93.0 Å². The lowest BCUT2D eigenvalue weighted by molar-refractivity contribution is -0.142. The highest BCUT2D eigenvalue weighted by Crippen LogP contribution is 2.29. The van der Waals surface area contributed by atoms with Gasteiger partial charge < -0.3 is 15.3 Å². The lowest BCUT2D eigenvalue weighted by Gasteiger charge is -2.30. The van der Waals surface area contributed by atoms with Crippen LogP contribution in [-0.2, 0) is 9.59 Å². The Kier molecular flexibility index (Phi) is 12.3. The van der Waals surface area contributed by atoms with Gasteiger partial charge in [0.2, 0.25) is 11.8 Å². The number of hydrogen-bond donors (Lipinski definition) is 2. The molecule has 4 rings (SSSR count). The molecule has 3 aromatic rings. The van der Waals surface area contributed by atoms with Crippen LogP contribution in [0.2, 0.25) is 0 Å². The quantitative estimate of drug-likeness (QED) is 0.389. The minimum Gasteiger partial charge on any atom is -0.391 e. The van der Waals surface area contributed by atoms with Crippen LogP contribution in [0.1, 0.15) is 83.8 Å². The predicted molar refractivity (Wildman–Crippen MR) is 159 cm³/mol. The zero-order chi connectivity index (χ0) is 29.3. The van der Waals surface area contributed by atoms with E-state index in [9.17, 15) is 14.7 Å². The molecule has 0 radical (unpaired) electrons. The normalized spacial score (nSPS) is 18.0. The molecule has 1 aliphatic rings. The zero-order valence-corrected chi connectivity index (χ0v) is 25.6. The van der Waals surface area contributed by atoms with E-state index in [1.165, 1.54) is 4.90 Å². The molecule has 39 heavy (non-hydrogen) atoms. The van der Waals surface area contributed by atoms with Crippen LogP contribution >= 0.6 is 11.3 Å². The summed E-state index contributed by atoms with van der Waals surface area (Å²) in [5, 5.41) is 17.7. The Morgan fingerprint density at radius 1 is 1.08 bits per heavy atom. The van der Waals surface area contributed by atoms with Gasteiger partial charge in [-0.15, -0.1) is 11.3 Å². The summed E-state index contributed by atoms with van der Waals surface area (Å²) in [5.41, 5.74) is 5.86. The van der Waals surface area contributed by atoms with Crippen LogP contribution < -0.4 is 5.32 Å². The summed E-state index contributed by atoms with van der Waals surface area (Å²) in [7, 11) is 0. The number of amides is 2. The molecule has 1 saturated heterocycles. The van der Waals surface area contributed by atoms with E-state index in [1.54, 1.807) is 22.2 Å². The summed E-state index contributed by atoms with van der Waals surface area (Å²) in [6.45, 7) is 17.9. The fourth-order valence-electron chi connectivity index (χ4n) is 4.66. The monoisotopic (exact) mass is 555 g/mol. The fraction of sp³-hybridized carbons (Fsp3) is 0.533. The van der Waals surface area contributed by atoms with Gasteiger partial charge in [-0.05, 0) is 43.4 Å². The van der Waals surface area contributed by atoms with E-state index in [2.05, 4.69) is 15.4 Å². The summed E-state index contributed by atoms with van der Waals surface area (Å²) >= 11 is 1.60. The molecule has 2 amide bonds. The van der Waals surface area contributed by atoms with Gasteiger partial charge in [0.15, 0.2) is 0 Å². The van der Waals surface area contributed by atoms with Gasteiger partial charge in [-0.1, -0.05) is 65.8 Å². The Labute approximate surface area is 237 Å². The molecular weight excluding hydrogens is 510 g/mol. The summed E-state index contributed by atoms with van der Waals surface area (Å²) in [4.78, 5) is 33.8. The first-order valence-corrected chi connectivity index (χ1v) is 14.8. The third-order valence-electron chi connectivity index (χ3n) is 6.54. The van der Waals surface area contributed by atoms with Crippen molar-refractivity contribution in [2.24, 2.45) is 5.92 Å². The first-order valence-electron chi connectivity index (χ1n) is 14.0. The molecule has 1 aliphatic heterocycles. The first kappa shape index (κ1) is 32.2. The number of likely N-dealkylation sites (tertiary alicyclic amines) is 1. The molecule has 2 aromatic heterocycles. The van der Waals surface area contributed by atoms with Crippen molar-refractivity contribution < 1.29 is 14.7 Å². The summed E-state index contributed by atoms with van der Waals surface area (Å²) in [6, 6.07) is 6.56. The molecule has 1 fully saturated rings. The molecule has 8 nitrogen and oxygen atoms in total. The predicted octanol–water partition coefficient (Wildman–Crippen LogP) is 5.71. The van der Waals surface area contributed by atoms with E-state index >= 15 is 0 Å². The Hall–Kier alpha value is -3.04. The Morgan fingerprint density at radius 3 is 2.23 bits per heavy atom. The smallest absolute Gasteiger partial charge is 0.248 e. The number of thiazole rings is 1. The molecule has 9 heteroatoms. The highest BCUT2D eigenvalue weighted by molar-refractivity contribution is 7.13. The number of aromatic nitrogens is 3. The van der Waals surface area contributed by atoms with Gasteiger partial charge in [0.25, 0.3) is 0 Å². The number of rotatable bonds is 7. The molecule has 2 N–H and O–H groups in total. The molecule has 0 saturated carbocycles. The van der Waals surface area contributed by atoms with Gasteiger partial charge in [-0.2, -0.15) is 5.10 Å². The molecule has 4 unspecified atom stereocenters. The fourth-order valence-corrected chi connectivity index (χ4v) is 5.47. The molecule has 3 heterocycles. The van der Waals surface area contributed by atoms with Gasteiger partial charge in [0.1, 0.15) is 12.1 Å². The van der Waals surface area contributed by atoms with Crippen LogP contribution in [0.5, 0.6) is 0 Å². The van der Waals surface area contributed by atoms with Crippen LogP contribution in [0, 0.1) is 19.8 Å². The van der Waals surface area contributed by atoms with E-state index in [0.29, 0.717) is 0 Å². The van der Waals surface area contributed by atoms with E-state index in [0.717, 1.165) is 27.3 Å². The second-order valence-electron chi connectivity index (χ2n) is 9.70. The van der Waals surface area contributed by atoms with E-state index in [-0.39, 0.29) is 36.7 Å². The number of aliphatic hydroxyl groups excluding tert-OH is 1. The Bertz CT molecular complexity index is 1190. The van der Waals surface area contributed by atoms with E-state index in [4.69, 9.17) is 0 Å². The van der Waals surface area contributed by atoms with E-state index in [1.807, 2.05) is 98.3 Å². The van der Waals surface area contributed by atoms with E-state index < -0.39 is 18.2 Å². The topological polar surface area (TPSA) is 100 Å². The summed E-state index contributed by atoms with van der Waals surface area (Å²) in [6.07, 6.45) is 3.04. The second-order valence-corrected chi connectivity index (χ2v) is 10.6. The molecule has 0 spiro atoms. The van der Waals surface area contributed by atoms with Crippen molar-refractivity contribution in [3.63, 3.8) is 0 Å². The molecule has 214 valence electrons. The minimum atomic E-state index is -0.737. The number of nitrogens with one attached hydrogen (secondary N) is 1. The second kappa shape index (κ2) is 14.9. The molecular formula is C30H45N5O3S. The Morgan fingerprint density at radius 2 is 1.72 bits per heavy atom. The number of hydrogen-bond acceptors (Lipinski definition) is 6. The summed E-state index contributed by atoms with van der Waals surface area (Å²) in [5.74, 6) is -0.483. The van der Waals surface area contributed by atoms with Crippen LogP contribution in [0.25, 0.3) is 10.4 Å². The van der Waals surface area contributed by atoms with Crippen molar-refractivity contribution >= 4 is 23.2 Å². The average molecular weight is 556 g/mol. The maximum atomic E-state index is 13.6.